The van der Waals surface area contributed by atoms with Crippen LogP contribution >= 0.6 is 0 Å². The minimum absolute atomic E-state index is 0.142. The molecule has 0 saturated heterocycles. The number of ether oxygens (including phenoxy) is 3. The Labute approximate surface area is 134 Å². The Hall–Kier alpha value is -3.02. The van der Waals surface area contributed by atoms with Crippen LogP contribution in [-0.4, -0.2) is 32.9 Å². The third kappa shape index (κ3) is 4.74. The molecule has 23 heavy (non-hydrogen) atoms. The van der Waals surface area contributed by atoms with Gasteiger partial charge in [0.05, 0.1) is 14.2 Å². The smallest absolute Gasteiger partial charge is 0.255 e. The molecule has 0 heterocycles. The van der Waals surface area contributed by atoms with Crippen molar-refractivity contribution >= 4 is 17.8 Å². The summed E-state index contributed by atoms with van der Waals surface area (Å²) >= 11 is 0. The molecule has 0 atom stereocenters. The summed E-state index contributed by atoms with van der Waals surface area (Å²) in [4.78, 5) is 15.1. The van der Waals surface area contributed by atoms with Gasteiger partial charge in [-0.05, 0) is 42.0 Å². The summed E-state index contributed by atoms with van der Waals surface area (Å²) in [5, 5.41) is 0. The topological polar surface area (TPSA) is 83.1 Å². The maximum absolute atomic E-state index is 10.7. The molecule has 0 aliphatic heterocycles. The number of rotatable bonds is 7. The molecule has 6 heteroatoms. The maximum atomic E-state index is 10.7. The lowest BCUT2D eigenvalue weighted by Crippen LogP contribution is -2.19. The standard InChI is InChI=1S/C17H18N2O4/c1-21-14-7-8-15(16(9-14)22-2)19-10-12-3-5-13(6-4-12)23-11-17(18)20/h3-10H,11H2,1-2H3,(H2,18,20). The molecule has 2 rings (SSSR count). The van der Waals surface area contributed by atoms with Gasteiger partial charge in [0.1, 0.15) is 22.9 Å². The van der Waals surface area contributed by atoms with E-state index in [2.05, 4.69) is 4.99 Å². The molecule has 0 unspecified atom stereocenters. The third-order valence-electron chi connectivity index (χ3n) is 3.00. The second-order valence-corrected chi connectivity index (χ2v) is 4.62. The van der Waals surface area contributed by atoms with Gasteiger partial charge in [-0.25, -0.2) is 0 Å². The average molecular weight is 314 g/mol. The van der Waals surface area contributed by atoms with Gasteiger partial charge in [0.25, 0.3) is 5.91 Å². The van der Waals surface area contributed by atoms with E-state index in [1.807, 2.05) is 24.3 Å². The van der Waals surface area contributed by atoms with Crippen molar-refractivity contribution in [1.29, 1.82) is 0 Å². The van der Waals surface area contributed by atoms with Crippen LogP contribution in [0.25, 0.3) is 0 Å². The highest BCUT2D eigenvalue weighted by Gasteiger charge is 2.03. The van der Waals surface area contributed by atoms with Gasteiger partial charge in [-0.1, -0.05) is 0 Å². The number of hydrogen-bond acceptors (Lipinski definition) is 5. The molecule has 2 aromatic carbocycles. The molecule has 0 saturated carbocycles. The minimum Gasteiger partial charge on any atom is -0.497 e. The number of hydrogen-bond donors (Lipinski definition) is 1. The first-order valence-electron chi connectivity index (χ1n) is 6.89. The van der Waals surface area contributed by atoms with E-state index in [9.17, 15) is 4.79 Å². The van der Waals surface area contributed by atoms with Crippen molar-refractivity contribution < 1.29 is 19.0 Å². The molecule has 2 N–H and O–H groups in total. The van der Waals surface area contributed by atoms with Crippen molar-refractivity contribution in [2.75, 3.05) is 20.8 Å². The first-order valence-corrected chi connectivity index (χ1v) is 6.89. The number of carbonyl (C=O) groups excluding carboxylic acids is 1. The lowest BCUT2D eigenvalue weighted by atomic mass is 10.2. The molecule has 6 nitrogen and oxygen atoms in total. The third-order valence-corrected chi connectivity index (χ3v) is 3.00. The highest BCUT2D eigenvalue weighted by molar-refractivity contribution is 5.83. The van der Waals surface area contributed by atoms with Gasteiger partial charge in [0.2, 0.25) is 0 Å². The Bertz CT molecular complexity index is 696. The summed E-state index contributed by atoms with van der Waals surface area (Å²) < 4.78 is 15.6. The molecule has 0 fully saturated rings. The zero-order valence-corrected chi connectivity index (χ0v) is 13.0. The van der Waals surface area contributed by atoms with Crippen LogP contribution in [0.2, 0.25) is 0 Å². The van der Waals surface area contributed by atoms with Crippen molar-refractivity contribution in [3.8, 4) is 17.2 Å². The number of aliphatic imine (C=N–C) groups is 1. The van der Waals surface area contributed by atoms with Crippen molar-refractivity contribution in [3.63, 3.8) is 0 Å². The van der Waals surface area contributed by atoms with Gasteiger partial charge < -0.3 is 19.9 Å². The van der Waals surface area contributed by atoms with E-state index in [1.54, 1.807) is 38.6 Å². The number of primary amides is 1. The maximum Gasteiger partial charge on any atom is 0.255 e. The van der Waals surface area contributed by atoms with Crippen LogP contribution in [0.5, 0.6) is 17.2 Å². The summed E-state index contributed by atoms with van der Waals surface area (Å²) in [6.07, 6.45) is 1.71. The average Bonchev–Trinajstić information content (AvgIpc) is 2.58. The minimum atomic E-state index is -0.512. The summed E-state index contributed by atoms with van der Waals surface area (Å²) in [5.74, 6) is 1.39. The number of nitrogens with zero attached hydrogens (tertiary/aromatic N) is 1. The Balaban J connectivity index is 2.09. The van der Waals surface area contributed by atoms with Crippen molar-refractivity contribution in [1.82, 2.24) is 0 Å². The summed E-state index contributed by atoms with van der Waals surface area (Å²) in [7, 11) is 3.18. The fourth-order valence-electron chi connectivity index (χ4n) is 1.84. The van der Waals surface area contributed by atoms with Gasteiger partial charge in [0.15, 0.2) is 6.61 Å². The first-order chi connectivity index (χ1) is 11.1. The molecule has 1 amide bonds. The van der Waals surface area contributed by atoms with Crippen LogP contribution in [0.1, 0.15) is 5.56 Å². The Kier molecular flexibility index (Phi) is 5.57. The quantitative estimate of drug-likeness (QED) is 0.795. The fourth-order valence-corrected chi connectivity index (χ4v) is 1.84. The van der Waals surface area contributed by atoms with Crippen LogP contribution in [-0.2, 0) is 4.79 Å². The van der Waals surface area contributed by atoms with E-state index in [-0.39, 0.29) is 6.61 Å². The van der Waals surface area contributed by atoms with E-state index < -0.39 is 5.91 Å². The predicted octanol–water partition coefficient (Wildman–Crippen LogP) is 2.32. The highest BCUT2D eigenvalue weighted by Crippen LogP contribution is 2.31. The van der Waals surface area contributed by atoms with Crippen LogP contribution in [0.4, 0.5) is 5.69 Å². The largest absolute Gasteiger partial charge is 0.497 e. The fraction of sp³-hybridized carbons (Fsp3) is 0.176. The lowest BCUT2D eigenvalue weighted by Gasteiger charge is -2.07. The van der Waals surface area contributed by atoms with Gasteiger partial charge >= 0.3 is 0 Å². The summed E-state index contributed by atoms with van der Waals surface area (Å²) in [6, 6.07) is 12.6. The zero-order valence-electron chi connectivity index (χ0n) is 13.0. The normalized spacial score (nSPS) is 10.5. The molecule has 0 aliphatic rings. The summed E-state index contributed by atoms with van der Waals surface area (Å²) in [5.41, 5.74) is 6.60. The highest BCUT2D eigenvalue weighted by atomic mass is 16.5. The zero-order chi connectivity index (χ0) is 16.7. The monoisotopic (exact) mass is 314 g/mol. The van der Waals surface area contributed by atoms with E-state index in [0.29, 0.717) is 22.9 Å². The number of carbonyl (C=O) groups is 1. The molecule has 120 valence electrons. The molecular formula is C17H18N2O4. The molecular weight excluding hydrogens is 296 g/mol. The van der Waals surface area contributed by atoms with Crippen LogP contribution in [0.3, 0.4) is 0 Å². The van der Waals surface area contributed by atoms with E-state index in [1.165, 1.54) is 0 Å². The van der Waals surface area contributed by atoms with E-state index in [4.69, 9.17) is 19.9 Å². The van der Waals surface area contributed by atoms with Crippen LogP contribution in [0, 0.1) is 0 Å². The first kappa shape index (κ1) is 16.4. The van der Waals surface area contributed by atoms with Gasteiger partial charge in [-0.15, -0.1) is 0 Å². The van der Waals surface area contributed by atoms with Crippen LogP contribution < -0.4 is 19.9 Å². The number of nitrogens with two attached hydrogens (primary N) is 1. The second-order valence-electron chi connectivity index (χ2n) is 4.62. The van der Waals surface area contributed by atoms with Gasteiger partial charge in [-0.2, -0.15) is 0 Å². The SMILES string of the molecule is COc1ccc(N=Cc2ccc(OCC(N)=O)cc2)c(OC)c1. The molecule has 0 radical (unpaired) electrons. The molecule has 0 bridgehead atoms. The molecule has 0 aliphatic carbocycles. The van der Waals surface area contributed by atoms with Gasteiger partial charge in [-0.3, -0.25) is 9.79 Å². The van der Waals surface area contributed by atoms with Crippen molar-refractivity contribution in [2.24, 2.45) is 10.7 Å². The molecule has 0 spiro atoms. The predicted molar refractivity (Wildman–Crippen MR) is 87.9 cm³/mol. The van der Waals surface area contributed by atoms with Crippen molar-refractivity contribution in [3.05, 3.63) is 48.0 Å². The van der Waals surface area contributed by atoms with E-state index in [0.717, 1.165) is 5.56 Å². The molecule has 0 aromatic heterocycles. The summed E-state index contributed by atoms with van der Waals surface area (Å²) in [6.45, 7) is -0.142. The Morgan fingerprint density at radius 3 is 2.39 bits per heavy atom. The second kappa shape index (κ2) is 7.84. The lowest BCUT2D eigenvalue weighted by molar-refractivity contribution is -0.119. The molecule has 2 aromatic rings. The van der Waals surface area contributed by atoms with Gasteiger partial charge in [0, 0.05) is 12.3 Å². The number of amides is 1. The Morgan fingerprint density at radius 2 is 1.78 bits per heavy atom. The number of benzene rings is 2. The van der Waals surface area contributed by atoms with Crippen LogP contribution in [0.15, 0.2) is 47.5 Å². The Morgan fingerprint density at radius 1 is 1.09 bits per heavy atom. The van der Waals surface area contributed by atoms with Crippen molar-refractivity contribution in [2.45, 2.75) is 0 Å². The van der Waals surface area contributed by atoms with E-state index >= 15 is 0 Å². The number of methoxy groups -OCH3 is 2.